The van der Waals surface area contributed by atoms with E-state index in [1.165, 1.54) is 5.56 Å². The van der Waals surface area contributed by atoms with Gasteiger partial charge in [-0.15, -0.1) is 11.8 Å². The number of para-hydroxylation sites is 2. The highest BCUT2D eigenvalue weighted by Crippen LogP contribution is 2.33. The van der Waals surface area contributed by atoms with E-state index in [1.807, 2.05) is 30.3 Å². The van der Waals surface area contributed by atoms with Gasteiger partial charge in [-0.3, -0.25) is 0 Å². The molecule has 2 heterocycles. The van der Waals surface area contributed by atoms with Crippen molar-refractivity contribution in [2.24, 2.45) is 0 Å². The van der Waals surface area contributed by atoms with E-state index in [9.17, 15) is 5.26 Å². The molecule has 4 nitrogen and oxygen atoms in total. The van der Waals surface area contributed by atoms with Gasteiger partial charge in [-0.1, -0.05) is 12.1 Å². The van der Waals surface area contributed by atoms with Gasteiger partial charge in [0.1, 0.15) is 23.8 Å². The van der Waals surface area contributed by atoms with Gasteiger partial charge in [0.05, 0.1) is 5.56 Å². The lowest BCUT2D eigenvalue weighted by molar-refractivity contribution is 0.107. The SMILES string of the molecule is N#Cc1cc2c(nc1SC[C@H]1COc3ccccc3O1)CCC2. The number of nitriles is 1. The molecular weight excluding hydrogens is 308 g/mol. The number of benzene rings is 1. The molecular formula is C18H16N2O2S. The molecule has 0 fully saturated rings. The first-order valence-electron chi connectivity index (χ1n) is 7.77. The zero-order valence-corrected chi connectivity index (χ0v) is 13.4. The summed E-state index contributed by atoms with van der Waals surface area (Å²) in [6.07, 6.45) is 3.16. The normalized spacial score (nSPS) is 18.3. The minimum Gasteiger partial charge on any atom is -0.486 e. The Balaban J connectivity index is 1.47. The fourth-order valence-electron chi connectivity index (χ4n) is 2.96. The van der Waals surface area contributed by atoms with Crippen molar-refractivity contribution >= 4 is 11.8 Å². The molecule has 2 aliphatic rings. The molecule has 1 aromatic heterocycles. The molecule has 1 aromatic carbocycles. The highest BCUT2D eigenvalue weighted by atomic mass is 32.2. The lowest BCUT2D eigenvalue weighted by Crippen LogP contribution is -2.31. The minimum atomic E-state index is -0.0310. The summed E-state index contributed by atoms with van der Waals surface area (Å²) >= 11 is 1.58. The van der Waals surface area contributed by atoms with Gasteiger partial charge < -0.3 is 9.47 Å². The van der Waals surface area contributed by atoms with Crippen LogP contribution in [-0.4, -0.2) is 23.4 Å². The smallest absolute Gasteiger partial charge is 0.161 e. The van der Waals surface area contributed by atoms with Gasteiger partial charge >= 0.3 is 0 Å². The van der Waals surface area contributed by atoms with Crippen molar-refractivity contribution in [1.82, 2.24) is 4.98 Å². The summed E-state index contributed by atoms with van der Waals surface area (Å²) in [6.45, 7) is 0.525. The van der Waals surface area contributed by atoms with Crippen LogP contribution < -0.4 is 9.47 Å². The van der Waals surface area contributed by atoms with E-state index < -0.39 is 0 Å². The Morgan fingerprint density at radius 1 is 1.26 bits per heavy atom. The molecule has 0 N–H and O–H groups in total. The summed E-state index contributed by atoms with van der Waals surface area (Å²) in [6, 6.07) is 12.0. The highest BCUT2D eigenvalue weighted by Gasteiger charge is 2.22. The summed E-state index contributed by atoms with van der Waals surface area (Å²) in [7, 11) is 0. The van der Waals surface area contributed by atoms with Gasteiger partial charge in [-0.2, -0.15) is 5.26 Å². The summed E-state index contributed by atoms with van der Waals surface area (Å²) in [5.41, 5.74) is 3.06. The monoisotopic (exact) mass is 324 g/mol. The Kier molecular flexibility index (Phi) is 3.84. The van der Waals surface area contributed by atoms with Crippen LogP contribution >= 0.6 is 11.8 Å². The van der Waals surface area contributed by atoms with E-state index in [1.54, 1.807) is 11.8 Å². The zero-order chi connectivity index (χ0) is 15.6. The summed E-state index contributed by atoms with van der Waals surface area (Å²) in [4.78, 5) is 4.70. The van der Waals surface area contributed by atoms with Crippen LogP contribution in [0.25, 0.3) is 0 Å². The number of thioether (sulfide) groups is 1. The quantitative estimate of drug-likeness (QED) is 0.810. The zero-order valence-electron chi connectivity index (χ0n) is 12.6. The molecule has 0 amide bonds. The van der Waals surface area contributed by atoms with Gasteiger partial charge in [0, 0.05) is 11.4 Å². The topological polar surface area (TPSA) is 55.1 Å². The first kappa shape index (κ1) is 14.4. The standard InChI is InChI=1S/C18H16N2O2S/c19-9-13-8-12-4-3-5-15(12)20-18(13)23-11-14-10-21-16-6-1-2-7-17(16)22-14/h1-2,6-8,14H,3-5,10-11H2/t14-/m1/s1. The molecule has 23 heavy (non-hydrogen) atoms. The van der Waals surface area contributed by atoms with Crippen molar-refractivity contribution in [3.05, 3.63) is 47.2 Å². The average molecular weight is 324 g/mol. The van der Waals surface area contributed by atoms with Crippen LogP contribution in [-0.2, 0) is 12.8 Å². The van der Waals surface area contributed by atoms with Gasteiger partial charge in [0.2, 0.25) is 0 Å². The Labute approximate surface area is 139 Å². The predicted molar refractivity (Wildman–Crippen MR) is 88.1 cm³/mol. The van der Waals surface area contributed by atoms with Crippen molar-refractivity contribution in [2.75, 3.05) is 12.4 Å². The van der Waals surface area contributed by atoms with Crippen LogP contribution in [0.15, 0.2) is 35.4 Å². The average Bonchev–Trinajstić information content (AvgIpc) is 3.06. The van der Waals surface area contributed by atoms with Crippen molar-refractivity contribution in [3.8, 4) is 17.6 Å². The van der Waals surface area contributed by atoms with E-state index in [0.717, 1.165) is 47.2 Å². The number of pyridine rings is 1. The highest BCUT2D eigenvalue weighted by molar-refractivity contribution is 7.99. The van der Waals surface area contributed by atoms with Crippen molar-refractivity contribution in [2.45, 2.75) is 30.4 Å². The Bertz CT molecular complexity index is 785. The van der Waals surface area contributed by atoms with Gasteiger partial charge in [0.15, 0.2) is 11.5 Å². The number of aryl methyl sites for hydroxylation is 2. The summed E-state index contributed by atoms with van der Waals surface area (Å²) in [5, 5.41) is 10.2. The first-order valence-corrected chi connectivity index (χ1v) is 8.76. The van der Waals surface area contributed by atoms with Crippen molar-refractivity contribution in [3.63, 3.8) is 0 Å². The van der Waals surface area contributed by atoms with Crippen molar-refractivity contribution < 1.29 is 9.47 Å². The Hall–Kier alpha value is -2.19. The summed E-state index contributed by atoms with van der Waals surface area (Å²) in [5.74, 6) is 2.29. The summed E-state index contributed by atoms with van der Waals surface area (Å²) < 4.78 is 11.7. The Morgan fingerprint density at radius 3 is 3.00 bits per heavy atom. The molecule has 0 unspecified atom stereocenters. The van der Waals surface area contributed by atoms with Crippen LogP contribution in [0.3, 0.4) is 0 Å². The van der Waals surface area contributed by atoms with Crippen LogP contribution in [0.2, 0.25) is 0 Å². The number of aromatic nitrogens is 1. The molecule has 1 aliphatic carbocycles. The van der Waals surface area contributed by atoms with E-state index >= 15 is 0 Å². The Morgan fingerprint density at radius 2 is 2.13 bits per heavy atom. The second-order valence-corrected chi connectivity index (χ2v) is 6.73. The molecule has 0 bridgehead atoms. The maximum absolute atomic E-state index is 9.36. The molecule has 116 valence electrons. The second-order valence-electron chi connectivity index (χ2n) is 5.72. The number of hydrogen-bond donors (Lipinski definition) is 0. The van der Waals surface area contributed by atoms with Crippen LogP contribution in [0.1, 0.15) is 23.2 Å². The van der Waals surface area contributed by atoms with E-state index in [0.29, 0.717) is 12.2 Å². The number of rotatable bonds is 3. The van der Waals surface area contributed by atoms with Crippen LogP contribution in [0, 0.1) is 11.3 Å². The van der Waals surface area contributed by atoms with E-state index in [4.69, 9.17) is 14.5 Å². The number of nitrogens with zero attached hydrogens (tertiary/aromatic N) is 2. The predicted octanol–water partition coefficient (Wildman–Crippen LogP) is 3.37. The molecule has 1 aliphatic heterocycles. The molecule has 4 rings (SSSR count). The number of fused-ring (bicyclic) bond motifs is 2. The van der Waals surface area contributed by atoms with E-state index in [-0.39, 0.29) is 6.10 Å². The third kappa shape index (κ3) is 2.87. The molecule has 2 aromatic rings. The third-order valence-electron chi connectivity index (χ3n) is 4.11. The molecule has 0 radical (unpaired) electrons. The molecule has 0 saturated carbocycles. The molecule has 0 saturated heterocycles. The fraction of sp³-hybridized carbons (Fsp3) is 0.333. The third-order valence-corrected chi connectivity index (χ3v) is 5.23. The molecule has 1 atom stereocenters. The van der Waals surface area contributed by atoms with E-state index in [2.05, 4.69) is 6.07 Å². The van der Waals surface area contributed by atoms with Crippen LogP contribution in [0.5, 0.6) is 11.5 Å². The van der Waals surface area contributed by atoms with Gasteiger partial charge in [-0.05, 0) is 43.0 Å². The molecule has 0 spiro atoms. The largest absolute Gasteiger partial charge is 0.486 e. The molecule has 5 heteroatoms. The lowest BCUT2D eigenvalue weighted by Gasteiger charge is -2.26. The fourth-order valence-corrected chi connectivity index (χ4v) is 3.90. The second kappa shape index (κ2) is 6.13. The number of ether oxygens (including phenoxy) is 2. The lowest BCUT2D eigenvalue weighted by atomic mass is 10.2. The van der Waals surface area contributed by atoms with Gasteiger partial charge in [-0.25, -0.2) is 4.98 Å². The number of hydrogen-bond acceptors (Lipinski definition) is 5. The van der Waals surface area contributed by atoms with Gasteiger partial charge in [0.25, 0.3) is 0 Å². The van der Waals surface area contributed by atoms with Crippen LogP contribution in [0.4, 0.5) is 0 Å². The first-order chi connectivity index (χ1) is 11.3. The van der Waals surface area contributed by atoms with Crippen molar-refractivity contribution in [1.29, 1.82) is 5.26 Å². The minimum absolute atomic E-state index is 0.0310. The maximum Gasteiger partial charge on any atom is 0.161 e. The maximum atomic E-state index is 9.36.